The van der Waals surface area contributed by atoms with Gasteiger partial charge in [0.1, 0.15) is 17.7 Å². The smallest absolute Gasteiger partial charge is 0.252 e. The summed E-state index contributed by atoms with van der Waals surface area (Å²) in [6, 6.07) is 10.4. The predicted octanol–water partition coefficient (Wildman–Crippen LogP) is -0.765. The summed E-state index contributed by atoms with van der Waals surface area (Å²) in [6.45, 7) is 0. The quantitative estimate of drug-likeness (QED) is 0.303. The van der Waals surface area contributed by atoms with Crippen LogP contribution in [0.25, 0.3) is 0 Å². The van der Waals surface area contributed by atoms with Crippen molar-refractivity contribution in [1.82, 2.24) is 10.6 Å². The topological polar surface area (TPSA) is 162 Å². The van der Waals surface area contributed by atoms with Gasteiger partial charge in [-0.15, -0.1) is 11.3 Å². The average molecular weight is 462 g/mol. The first-order valence-electron chi connectivity index (χ1n) is 10.2. The van der Waals surface area contributed by atoms with Crippen molar-refractivity contribution in [3.63, 3.8) is 0 Å². The van der Waals surface area contributed by atoms with E-state index in [1.54, 1.807) is 36.4 Å². The number of nitrogens with one attached hydrogen (secondary N) is 2. The Labute approximate surface area is 189 Å². The van der Waals surface area contributed by atoms with Crippen molar-refractivity contribution in [2.45, 2.75) is 55.6 Å². The van der Waals surface area contributed by atoms with Crippen LogP contribution in [0.5, 0.6) is 0 Å². The van der Waals surface area contributed by atoms with Crippen LogP contribution in [0.1, 0.15) is 23.3 Å². The number of benzene rings is 1. The van der Waals surface area contributed by atoms with E-state index in [2.05, 4.69) is 10.6 Å². The summed E-state index contributed by atoms with van der Waals surface area (Å²) in [5.74, 6) is -2.09. The lowest BCUT2D eigenvalue weighted by atomic mass is 9.77. The maximum absolute atomic E-state index is 12.9. The third-order valence-electron chi connectivity index (χ3n) is 5.53. The molecule has 1 aliphatic rings. The number of hydrogen-bond acceptors (Lipinski definition) is 7. The molecule has 1 aromatic carbocycles. The van der Waals surface area contributed by atoms with Gasteiger partial charge >= 0.3 is 0 Å². The lowest BCUT2D eigenvalue weighted by molar-refractivity contribution is -0.160. The molecule has 1 aliphatic carbocycles. The van der Waals surface area contributed by atoms with Crippen LogP contribution in [-0.2, 0) is 27.2 Å². The molecule has 3 amide bonds. The number of hydrogen-bond donors (Lipinski definition) is 6. The van der Waals surface area contributed by atoms with Crippen LogP contribution in [0, 0.1) is 0 Å². The van der Waals surface area contributed by atoms with E-state index in [0.717, 1.165) is 10.4 Å². The van der Waals surface area contributed by atoms with Gasteiger partial charge in [0.15, 0.2) is 0 Å². The number of aliphatic hydroxyl groups excluding tert-OH is 2. The van der Waals surface area contributed by atoms with E-state index >= 15 is 0 Å². The minimum atomic E-state index is -2.11. The molecule has 0 aliphatic heterocycles. The van der Waals surface area contributed by atoms with Gasteiger partial charge in [-0.05, 0) is 17.0 Å². The predicted molar refractivity (Wildman–Crippen MR) is 117 cm³/mol. The maximum Gasteiger partial charge on any atom is 0.252 e. The van der Waals surface area contributed by atoms with Crippen molar-refractivity contribution >= 4 is 29.1 Å². The van der Waals surface area contributed by atoms with Crippen molar-refractivity contribution in [3.05, 3.63) is 58.3 Å². The van der Waals surface area contributed by atoms with E-state index in [0.29, 0.717) is 0 Å². The van der Waals surface area contributed by atoms with Crippen LogP contribution < -0.4 is 16.4 Å². The lowest BCUT2D eigenvalue weighted by Gasteiger charge is -2.41. The SMILES string of the molecule is NC(=O)[C@@H](Cc1ccccc1)NC(=O)[C@]1(O)C[C@@H](O)[C@H](O)[C@@H](NC(=O)Cc2cccs2)C1. The van der Waals surface area contributed by atoms with Crippen molar-refractivity contribution in [3.8, 4) is 0 Å². The van der Waals surface area contributed by atoms with Gasteiger partial charge < -0.3 is 31.7 Å². The zero-order valence-corrected chi connectivity index (χ0v) is 18.1. The van der Waals surface area contributed by atoms with Crippen molar-refractivity contribution < 1.29 is 29.7 Å². The van der Waals surface area contributed by atoms with Crippen LogP contribution in [0.3, 0.4) is 0 Å². The molecule has 7 N–H and O–H groups in total. The van der Waals surface area contributed by atoms with E-state index in [4.69, 9.17) is 5.73 Å². The van der Waals surface area contributed by atoms with E-state index in [-0.39, 0.29) is 19.3 Å². The summed E-state index contributed by atoms with van der Waals surface area (Å²) < 4.78 is 0. The zero-order chi connectivity index (χ0) is 23.3. The Morgan fingerprint density at radius 1 is 1.12 bits per heavy atom. The van der Waals surface area contributed by atoms with E-state index in [1.807, 2.05) is 11.4 Å². The fraction of sp³-hybridized carbons (Fsp3) is 0.409. The van der Waals surface area contributed by atoms with Gasteiger partial charge in [0.25, 0.3) is 5.91 Å². The third kappa shape index (κ3) is 5.92. The molecule has 1 heterocycles. The van der Waals surface area contributed by atoms with Gasteiger partial charge in [-0.25, -0.2) is 0 Å². The molecule has 0 spiro atoms. The minimum absolute atomic E-state index is 0.0719. The molecule has 0 unspecified atom stereocenters. The van der Waals surface area contributed by atoms with Crippen LogP contribution in [0.4, 0.5) is 0 Å². The number of thiophene rings is 1. The highest BCUT2D eigenvalue weighted by molar-refractivity contribution is 7.10. The summed E-state index contributed by atoms with van der Waals surface area (Å²) in [5, 5.41) is 38.4. The molecule has 5 atom stereocenters. The summed E-state index contributed by atoms with van der Waals surface area (Å²) in [7, 11) is 0. The Kier molecular flexibility index (Phi) is 7.62. The summed E-state index contributed by atoms with van der Waals surface area (Å²) in [5.41, 5.74) is 4.09. The Balaban J connectivity index is 1.68. The van der Waals surface area contributed by atoms with Gasteiger partial charge in [0.2, 0.25) is 11.8 Å². The van der Waals surface area contributed by atoms with E-state index in [1.165, 1.54) is 11.3 Å². The van der Waals surface area contributed by atoms with Crippen LogP contribution in [0.2, 0.25) is 0 Å². The average Bonchev–Trinajstić information content (AvgIpc) is 3.24. The van der Waals surface area contributed by atoms with Gasteiger partial charge in [-0.3, -0.25) is 14.4 Å². The highest BCUT2D eigenvalue weighted by Crippen LogP contribution is 2.30. The Hall–Kier alpha value is -2.79. The Morgan fingerprint density at radius 2 is 1.84 bits per heavy atom. The Bertz CT molecular complexity index is 938. The second kappa shape index (κ2) is 10.2. The standard InChI is InChI=1S/C22H27N3O6S/c23-20(29)15(9-13-5-2-1-3-6-13)25-21(30)22(31)11-16(19(28)17(26)12-22)24-18(27)10-14-7-4-8-32-14/h1-8,15-17,19,26,28,31H,9-12H2,(H2,23,29)(H,24,27)(H,25,30)/t15-,16+,17-,19-,22-/m1/s1. The highest BCUT2D eigenvalue weighted by Gasteiger charge is 2.49. The number of carbonyl (C=O) groups excluding carboxylic acids is 3. The number of amides is 3. The van der Waals surface area contributed by atoms with Crippen molar-refractivity contribution in [2.24, 2.45) is 5.73 Å². The number of aliphatic hydroxyl groups is 3. The first-order valence-corrected chi connectivity index (χ1v) is 11.1. The highest BCUT2D eigenvalue weighted by atomic mass is 32.1. The molecule has 32 heavy (non-hydrogen) atoms. The second-order valence-electron chi connectivity index (χ2n) is 8.05. The van der Waals surface area contributed by atoms with Gasteiger partial charge in [0.05, 0.1) is 18.6 Å². The molecule has 0 saturated heterocycles. The molecule has 0 bridgehead atoms. The molecule has 9 nitrogen and oxygen atoms in total. The third-order valence-corrected chi connectivity index (χ3v) is 6.40. The van der Waals surface area contributed by atoms with Gasteiger partial charge in [0, 0.05) is 24.1 Å². The molecular formula is C22H27N3O6S. The van der Waals surface area contributed by atoms with Crippen LogP contribution in [-0.4, -0.2) is 62.9 Å². The second-order valence-corrected chi connectivity index (χ2v) is 9.08. The van der Waals surface area contributed by atoms with E-state index < -0.39 is 54.0 Å². The first kappa shape index (κ1) is 23.9. The van der Waals surface area contributed by atoms with E-state index in [9.17, 15) is 29.7 Å². The molecule has 172 valence electrons. The summed E-state index contributed by atoms with van der Waals surface area (Å²) in [4.78, 5) is 37.9. The fourth-order valence-corrected chi connectivity index (χ4v) is 4.52. The van der Waals surface area contributed by atoms with Crippen molar-refractivity contribution in [2.75, 3.05) is 0 Å². The largest absolute Gasteiger partial charge is 0.390 e. The molecule has 3 rings (SSSR count). The summed E-state index contributed by atoms with van der Waals surface area (Å²) in [6.07, 6.45) is -3.38. The molecule has 1 fully saturated rings. The molecule has 1 saturated carbocycles. The first-order chi connectivity index (χ1) is 15.2. The summed E-state index contributed by atoms with van der Waals surface area (Å²) >= 11 is 1.40. The molecular weight excluding hydrogens is 434 g/mol. The van der Waals surface area contributed by atoms with Gasteiger partial charge in [-0.2, -0.15) is 0 Å². The number of carbonyl (C=O) groups is 3. The minimum Gasteiger partial charge on any atom is -0.390 e. The number of primary amides is 1. The Morgan fingerprint density at radius 3 is 2.47 bits per heavy atom. The lowest BCUT2D eigenvalue weighted by Crippen LogP contribution is -2.64. The molecule has 2 aromatic rings. The zero-order valence-electron chi connectivity index (χ0n) is 17.3. The van der Waals surface area contributed by atoms with Crippen LogP contribution in [0.15, 0.2) is 47.8 Å². The van der Waals surface area contributed by atoms with Gasteiger partial charge in [-0.1, -0.05) is 36.4 Å². The fourth-order valence-electron chi connectivity index (χ4n) is 3.82. The monoisotopic (exact) mass is 461 g/mol. The molecule has 0 radical (unpaired) electrons. The molecule has 10 heteroatoms. The molecule has 1 aromatic heterocycles. The number of nitrogens with two attached hydrogens (primary N) is 1. The van der Waals surface area contributed by atoms with Crippen molar-refractivity contribution in [1.29, 1.82) is 0 Å². The maximum atomic E-state index is 12.9. The van der Waals surface area contributed by atoms with Crippen LogP contribution >= 0.6 is 11.3 Å². The normalized spacial score (nSPS) is 26.2. The number of rotatable bonds is 8.